The van der Waals surface area contributed by atoms with Gasteiger partial charge >= 0.3 is 24.0 Å². The number of piperidine rings is 1. The van der Waals surface area contributed by atoms with E-state index in [0.717, 1.165) is 22.0 Å². The van der Waals surface area contributed by atoms with E-state index in [2.05, 4.69) is 44.5 Å². The molecule has 3 aromatic carbocycles. The highest BCUT2D eigenvalue weighted by Gasteiger charge is 2.80. The van der Waals surface area contributed by atoms with Gasteiger partial charge in [0.2, 0.25) is 5.60 Å². The minimum absolute atomic E-state index is 0.185. The van der Waals surface area contributed by atoms with E-state index in [-0.39, 0.29) is 24.3 Å². The molecule has 6 heterocycles. The second-order valence-electron chi connectivity index (χ2n) is 20.9. The number of methoxy groups -OCH3 is 4. The van der Waals surface area contributed by atoms with Crippen molar-refractivity contribution in [2.75, 3.05) is 78.4 Å². The Morgan fingerprint density at radius 1 is 0.875 bits per heavy atom. The molecule has 1 aromatic heterocycles. The molecule has 4 N–H and O–H groups in total. The van der Waals surface area contributed by atoms with Crippen LogP contribution >= 0.6 is 0 Å². The second kappa shape index (κ2) is 17.9. The molecule has 2 saturated heterocycles. The molecule has 1 aliphatic carbocycles. The minimum atomic E-state index is -2.35. The Labute approximate surface area is 419 Å². The number of hydrogen-bond acceptors (Lipinski definition) is 14. The summed E-state index contributed by atoms with van der Waals surface area (Å²) in [5.74, 6) is -2.04. The molecule has 382 valence electrons. The topological polar surface area (TPSA) is 201 Å². The number of aromatic nitrogens is 1. The number of para-hydroxylation sites is 1. The molecule has 1 unspecified atom stereocenters. The molecule has 2 amide bonds. The van der Waals surface area contributed by atoms with Crippen LogP contribution < -0.4 is 20.3 Å². The number of aliphatic hydroxyl groups is 1. The van der Waals surface area contributed by atoms with Gasteiger partial charge in [-0.25, -0.2) is 9.59 Å². The summed E-state index contributed by atoms with van der Waals surface area (Å²) in [7, 11) is 7.39. The number of aromatic amines is 1. The highest BCUT2D eigenvalue weighted by Crippen LogP contribution is 2.68. The number of hydrogen-bond donors (Lipinski definition) is 4. The normalized spacial score (nSPS) is 32.1. The third-order valence-corrected chi connectivity index (χ3v) is 17.6. The van der Waals surface area contributed by atoms with E-state index in [4.69, 9.17) is 23.7 Å². The van der Waals surface area contributed by atoms with Crippen LogP contribution in [0.1, 0.15) is 85.6 Å². The van der Waals surface area contributed by atoms with E-state index in [1.54, 1.807) is 31.4 Å². The van der Waals surface area contributed by atoms with E-state index >= 15 is 4.79 Å². The number of nitrogens with one attached hydrogen (secondary N) is 3. The molecule has 10 rings (SSSR count). The van der Waals surface area contributed by atoms with E-state index in [1.807, 2.05) is 55.3 Å². The summed E-state index contributed by atoms with van der Waals surface area (Å²) in [6.45, 7) is 8.48. The Balaban J connectivity index is 1.17. The summed E-state index contributed by atoms with van der Waals surface area (Å²) < 4.78 is 29.0. The molecule has 10 atom stereocenters. The maximum atomic E-state index is 15.8. The van der Waals surface area contributed by atoms with E-state index in [9.17, 15) is 24.3 Å². The van der Waals surface area contributed by atoms with Crippen LogP contribution in [0.15, 0.2) is 72.8 Å². The molecule has 4 aromatic rings. The molecule has 1 saturated carbocycles. The zero-order chi connectivity index (χ0) is 51.1. The number of carbonyl (C=O) groups excluding carboxylic acids is 5. The van der Waals surface area contributed by atoms with Crippen molar-refractivity contribution in [2.24, 2.45) is 11.3 Å². The number of H-pyrrole nitrogens is 1. The largest absolute Gasteiger partial charge is 0.496 e. The van der Waals surface area contributed by atoms with Crippen LogP contribution in [-0.2, 0) is 50.6 Å². The minimum Gasteiger partial charge on any atom is -0.496 e. The number of anilines is 2. The van der Waals surface area contributed by atoms with Crippen LogP contribution in [0, 0.1) is 11.3 Å². The Morgan fingerprint density at radius 3 is 2.31 bits per heavy atom. The number of carbonyl (C=O) groups is 5. The zero-order valence-electron chi connectivity index (χ0n) is 42.4. The molecule has 6 aliphatic rings. The monoisotopic (exact) mass is 986 g/mol. The Hall–Kier alpha value is -6.43. The Morgan fingerprint density at radius 2 is 1.62 bits per heavy atom. The van der Waals surface area contributed by atoms with Crippen molar-refractivity contribution >= 4 is 52.2 Å². The summed E-state index contributed by atoms with van der Waals surface area (Å²) >= 11 is 0. The first-order valence-electron chi connectivity index (χ1n) is 25.1. The van der Waals surface area contributed by atoms with Gasteiger partial charge in [-0.15, -0.1) is 0 Å². The van der Waals surface area contributed by atoms with Crippen LogP contribution in [-0.4, -0.2) is 147 Å². The number of benzene rings is 3. The van der Waals surface area contributed by atoms with Crippen LogP contribution in [0.5, 0.6) is 5.75 Å². The van der Waals surface area contributed by atoms with Crippen molar-refractivity contribution < 1.29 is 52.8 Å². The first-order chi connectivity index (χ1) is 34.5. The van der Waals surface area contributed by atoms with Gasteiger partial charge in [0.1, 0.15) is 11.2 Å². The second-order valence-corrected chi connectivity index (χ2v) is 20.9. The standard InChI is InChI=1S/C55H66N6O11/c1-9-51(58-44(63)34-16-18-35(19-17-34)56-50(66)71-8)28-33-29-54(48(64)69-6,43-37(20-24-60(30-33)31-51)36-14-11-12-15-40(36)57-43)39-26-38-41(27-42(39)68-5)59(4)46-53(38)22-25-61-23-13-21-52(10-2,45(53)61)47(72-32(3)62)55(46,67)49(65)70-7/h11-19,21,26-27,33,45-47,57,67H,9-10,20,22-25,28-31H2,1-8H3,(H,56,66)(H,58,63)/t33-,45+,46-,47-,51+,52-,53-,54+,55+/m1/s1. The molecule has 3 fully saturated rings. The molecule has 17 nitrogen and oxygen atoms in total. The van der Waals surface area contributed by atoms with Crippen molar-refractivity contribution in [3.05, 3.63) is 101 Å². The summed E-state index contributed by atoms with van der Waals surface area (Å²) in [5, 5.41) is 20.6. The lowest BCUT2D eigenvalue weighted by Crippen LogP contribution is -2.81. The SMILES string of the molecule is CC[C@]1(NC(=O)c2ccc(NC(=O)OC)cc2)C[C@H]2CN(CCc3c([nH]c4ccccc34)[C@@](C(=O)OC)(c3cc4c(cc3OC)N(C)[C@H]3[C@@](O)(C(=O)OC)[C@H](OC(C)=O)[C@]5(CC)C=CCN6CC[C@]43[C@@H]65)C2)C1. The highest BCUT2D eigenvalue weighted by atomic mass is 16.6. The molecular weight excluding hydrogens is 921 g/mol. The van der Waals surface area contributed by atoms with Gasteiger partial charge in [0, 0.05) is 102 Å². The predicted octanol–water partition coefficient (Wildman–Crippen LogP) is 5.61. The quantitative estimate of drug-likeness (QED) is 0.0869. The third-order valence-electron chi connectivity index (χ3n) is 17.6. The highest BCUT2D eigenvalue weighted by molar-refractivity contribution is 5.97. The molecule has 0 radical (unpaired) electrons. The van der Waals surface area contributed by atoms with Gasteiger partial charge in [0.15, 0.2) is 6.10 Å². The van der Waals surface area contributed by atoms with E-state index < -0.39 is 63.5 Å². The fourth-order valence-electron chi connectivity index (χ4n) is 14.9. The Bertz CT molecular complexity index is 2880. The number of likely N-dealkylation sites (N-methyl/N-ethyl adjacent to an activating group) is 1. The number of nitrogens with zero attached hydrogens (tertiary/aromatic N) is 3. The molecule has 1 spiro atoms. The van der Waals surface area contributed by atoms with Crippen LogP contribution in [0.4, 0.5) is 16.2 Å². The summed E-state index contributed by atoms with van der Waals surface area (Å²) in [6.07, 6.45) is 5.10. The molecule has 17 heteroatoms. The van der Waals surface area contributed by atoms with Crippen LogP contribution in [0.25, 0.3) is 10.9 Å². The van der Waals surface area contributed by atoms with Crippen LogP contribution in [0.2, 0.25) is 0 Å². The number of fused-ring (bicyclic) bond motifs is 6. The number of rotatable bonds is 10. The predicted molar refractivity (Wildman–Crippen MR) is 268 cm³/mol. The maximum Gasteiger partial charge on any atom is 0.411 e. The van der Waals surface area contributed by atoms with Gasteiger partial charge in [0.05, 0.1) is 40.0 Å². The lowest BCUT2D eigenvalue weighted by molar-refractivity contribution is -0.228. The lowest BCUT2D eigenvalue weighted by Gasteiger charge is -2.63. The molecule has 72 heavy (non-hydrogen) atoms. The molecule has 5 aliphatic heterocycles. The van der Waals surface area contributed by atoms with Gasteiger partial charge in [0.25, 0.3) is 5.91 Å². The van der Waals surface area contributed by atoms with Crippen molar-refractivity contribution in [1.82, 2.24) is 20.1 Å². The Kier molecular flexibility index (Phi) is 12.3. The molecule has 2 bridgehead atoms. The summed E-state index contributed by atoms with van der Waals surface area (Å²) in [6, 6.07) is 17.4. The van der Waals surface area contributed by atoms with Gasteiger partial charge < -0.3 is 48.9 Å². The van der Waals surface area contributed by atoms with Gasteiger partial charge in [-0.05, 0) is 98.5 Å². The third kappa shape index (κ3) is 7.00. The zero-order valence-corrected chi connectivity index (χ0v) is 42.4. The first kappa shape index (κ1) is 49.2. The van der Waals surface area contributed by atoms with Crippen LogP contribution in [0.3, 0.4) is 0 Å². The van der Waals surface area contributed by atoms with Gasteiger partial charge in [-0.1, -0.05) is 44.2 Å². The fraction of sp³-hybridized carbons (Fsp3) is 0.509. The van der Waals surface area contributed by atoms with Gasteiger partial charge in [-0.2, -0.15) is 0 Å². The first-order valence-corrected chi connectivity index (χ1v) is 25.1. The number of ether oxygens (including phenoxy) is 5. The van der Waals surface area contributed by atoms with Crippen molar-refractivity contribution in [3.63, 3.8) is 0 Å². The number of amides is 2. The number of esters is 3. The van der Waals surface area contributed by atoms with Gasteiger partial charge in [-0.3, -0.25) is 24.6 Å². The lowest BCUT2D eigenvalue weighted by atomic mass is 9.47. The summed E-state index contributed by atoms with van der Waals surface area (Å²) in [4.78, 5) is 80.2. The van der Waals surface area contributed by atoms with E-state index in [1.165, 1.54) is 28.3 Å². The van der Waals surface area contributed by atoms with Crippen molar-refractivity contribution in [1.29, 1.82) is 0 Å². The molecular formula is C55H66N6O11. The van der Waals surface area contributed by atoms with Crippen molar-refractivity contribution in [2.45, 2.75) is 99.5 Å². The average Bonchev–Trinajstić information content (AvgIpc) is 4.05. The smallest absolute Gasteiger partial charge is 0.411 e. The van der Waals surface area contributed by atoms with E-state index in [0.29, 0.717) is 98.8 Å². The summed E-state index contributed by atoms with van der Waals surface area (Å²) in [5.41, 5.74) is -0.994. The fourth-order valence-corrected chi connectivity index (χ4v) is 14.9. The average molecular weight is 987 g/mol. The van der Waals surface area contributed by atoms with Crippen molar-refractivity contribution in [3.8, 4) is 5.75 Å². The maximum absolute atomic E-state index is 15.8.